The first-order chi connectivity index (χ1) is 8.09. The zero-order chi connectivity index (χ0) is 12.4. The molecule has 0 aliphatic rings. The summed E-state index contributed by atoms with van der Waals surface area (Å²) >= 11 is 1.44. The van der Waals surface area contributed by atoms with Crippen LogP contribution in [0.5, 0.6) is 0 Å². The van der Waals surface area contributed by atoms with Gasteiger partial charge in [-0.3, -0.25) is 10.1 Å². The molecule has 1 heterocycles. The third kappa shape index (κ3) is 2.32. The fourth-order valence-corrected chi connectivity index (χ4v) is 2.27. The van der Waals surface area contributed by atoms with E-state index in [-0.39, 0.29) is 11.3 Å². The molecule has 6 heteroatoms. The number of halogens is 1. The van der Waals surface area contributed by atoms with Crippen LogP contribution in [0.25, 0.3) is 0 Å². The van der Waals surface area contributed by atoms with Gasteiger partial charge in [0.15, 0.2) is 0 Å². The van der Waals surface area contributed by atoms with Gasteiger partial charge < -0.3 is 5.73 Å². The first-order valence-corrected chi connectivity index (χ1v) is 5.75. The minimum atomic E-state index is -0.683. The average molecular weight is 252 g/mol. The molecule has 1 aromatic heterocycles. The summed E-state index contributed by atoms with van der Waals surface area (Å²) in [5.74, 6) is -0.531. The highest BCUT2D eigenvalue weighted by Crippen LogP contribution is 2.29. The Morgan fingerprint density at radius 1 is 1.41 bits per heavy atom. The van der Waals surface area contributed by atoms with E-state index >= 15 is 0 Å². The molecule has 0 aliphatic heterocycles. The molecule has 4 nitrogen and oxygen atoms in total. The van der Waals surface area contributed by atoms with Crippen LogP contribution in [-0.4, -0.2) is 4.92 Å². The van der Waals surface area contributed by atoms with E-state index in [9.17, 15) is 14.5 Å². The van der Waals surface area contributed by atoms with Crippen LogP contribution in [-0.2, 0) is 0 Å². The molecule has 1 atom stereocenters. The number of benzene rings is 1. The Labute approximate surface area is 101 Å². The lowest BCUT2D eigenvalue weighted by molar-refractivity contribution is -0.385. The van der Waals surface area contributed by atoms with Crippen LogP contribution in [0.3, 0.4) is 0 Å². The lowest BCUT2D eigenvalue weighted by atomic mass is 10.0. The fraction of sp³-hybridized carbons (Fsp3) is 0.0909. The van der Waals surface area contributed by atoms with E-state index in [1.807, 2.05) is 5.38 Å². The first-order valence-electron chi connectivity index (χ1n) is 4.81. The summed E-state index contributed by atoms with van der Waals surface area (Å²) < 4.78 is 13.1. The Hall–Kier alpha value is -1.79. The van der Waals surface area contributed by atoms with Crippen LogP contribution in [0, 0.1) is 15.9 Å². The van der Waals surface area contributed by atoms with Crippen LogP contribution in [0.15, 0.2) is 35.0 Å². The summed E-state index contributed by atoms with van der Waals surface area (Å²) in [6, 6.07) is 4.39. The lowest BCUT2D eigenvalue weighted by Crippen LogP contribution is -2.13. The highest BCUT2D eigenvalue weighted by Gasteiger charge is 2.21. The van der Waals surface area contributed by atoms with Gasteiger partial charge in [-0.25, -0.2) is 4.39 Å². The molecule has 17 heavy (non-hydrogen) atoms. The first kappa shape index (κ1) is 11.7. The quantitative estimate of drug-likeness (QED) is 0.674. The maximum absolute atomic E-state index is 13.1. The second-order valence-corrected chi connectivity index (χ2v) is 4.27. The lowest BCUT2D eigenvalue weighted by Gasteiger charge is -2.10. The number of thiophene rings is 1. The molecular formula is C11H9FN2O2S. The summed E-state index contributed by atoms with van der Waals surface area (Å²) in [6.07, 6.45) is 0. The van der Waals surface area contributed by atoms with Crippen molar-refractivity contribution in [3.63, 3.8) is 0 Å². The van der Waals surface area contributed by atoms with Crippen molar-refractivity contribution in [2.45, 2.75) is 6.04 Å². The zero-order valence-electron chi connectivity index (χ0n) is 8.67. The van der Waals surface area contributed by atoms with Crippen molar-refractivity contribution in [2.75, 3.05) is 0 Å². The minimum Gasteiger partial charge on any atom is -0.320 e. The van der Waals surface area contributed by atoms with Gasteiger partial charge in [0, 0.05) is 6.07 Å². The number of hydrogen-bond acceptors (Lipinski definition) is 4. The van der Waals surface area contributed by atoms with Gasteiger partial charge in [0.25, 0.3) is 5.69 Å². The van der Waals surface area contributed by atoms with Crippen molar-refractivity contribution < 1.29 is 9.31 Å². The van der Waals surface area contributed by atoms with Gasteiger partial charge >= 0.3 is 0 Å². The fourth-order valence-electron chi connectivity index (χ4n) is 1.57. The predicted molar refractivity (Wildman–Crippen MR) is 63.4 cm³/mol. The number of nitrogens with zero attached hydrogens (tertiary/aromatic N) is 1. The minimum absolute atomic E-state index is 0.162. The number of hydrogen-bond donors (Lipinski definition) is 1. The highest BCUT2D eigenvalue weighted by molar-refractivity contribution is 7.08. The smallest absolute Gasteiger partial charge is 0.274 e. The van der Waals surface area contributed by atoms with Gasteiger partial charge in [-0.2, -0.15) is 11.3 Å². The molecule has 2 N–H and O–H groups in total. The number of nitrogens with two attached hydrogens (primary N) is 1. The average Bonchev–Trinajstić information content (AvgIpc) is 2.80. The standard InChI is InChI=1S/C11H9FN2O2S/c12-8-1-2-10(14(15)16)9(5-8)11(13)7-3-4-17-6-7/h1-6,11H,13H2/t11-/m1/s1. The van der Waals surface area contributed by atoms with Crippen LogP contribution in [0.1, 0.15) is 17.2 Å². The molecule has 2 aromatic rings. The van der Waals surface area contributed by atoms with Gasteiger partial charge in [0.1, 0.15) is 5.82 Å². The zero-order valence-corrected chi connectivity index (χ0v) is 9.49. The molecule has 0 bridgehead atoms. The number of nitro benzene ring substituents is 1. The molecule has 1 aromatic carbocycles. The maximum atomic E-state index is 13.1. The van der Waals surface area contributed by atoms with E-state index in [2.05, 4.69) is 0 Å². The summed E-state index contributed by atoms with van der Waals surface area (Å²) in [4.78, 5) is 10.3. The number of nitro groups is 1. The molecule has 0 saturated heterocycles. The van der Waals surface area contributed by atoms with Crippen molar-refractivity contribution in [1.29, 1.82) is 0 Å². The topological polar surface area (TPSA) is 69.2 Å². The molecule has 0 saturated carbocycles. The second kappa shape index (κ2) is 4.60. The molecule has 0 radical (unpaired) electrons. The van der Waals surface area contributed by atoms with Crippen molar-refractivity contribution in [3.05, 3.63) is 62.1 Å². The molecule has 2 rings (SSSR count). The Morgan fingerprint density at radius 2 is 2.18 bits per heavy atom. The van der Waals surface area contributed by atoms with E-state index in [0.29, 0.717) is 0 Å². The SMILES string of the molecule is N[C@H](c1ccsc1)c1cc(F)ccc1[N+](=O)[O-]. The van der Waals surface area contributed by atoms with Crippen LogP contribution >= 0.6 is 11.3 Å². The van der Waals surface area contributed by atoms with Gasteiger partial charge in [-0.05, 0) is 34.5 Å². The summed E-state index contributed by atoms with van der Waals surface area (Å²) in [5.41, 5.74) is 6.67. The third-order valence-corrected chi connectivity index (χ3v) is 3.13. The molecule has 0 spiro atoms. The van der Waals surface area contributed by atoms with Crippen LogP contribution < -0.4 is 5.73 Å². The van der Waals surface area contributed by atoms with E-state index < -0.39 is 16.8 Å². The van der Waals surface area contributed by atoms with Gasteiger partial charge in [-0.15, -0.1) is 0 Å². The highest BCUT2D eigenvalue weighted by atomic mass is 32.1. The van der Waals surface area contributed by atoms with Gasteiger partial charge in [0.2, 0.25) is 0 Å². The Kier molecular flexibility index (Phi) is 3.16. The Morgan fingerprint density at radius 3 is 2.76 bits per heavy atom. The van der Waals surface area contributed by atoms with E-state index in [1.165, 1.54) is 11.3 Å². The second-order valence-electron chi connectivity index (χ2n) is 3.49. The largest absolute Gasteiger partial charge is 0.320 e. The summed E-state index contributed by atoms with van der Waals surface area (Å²) in [6.45, 7) is 0. The van der Waals surface area contributed by atoms with Crippen molar-refractivity contribution in [3.8, 4) is 0 Å². The monoisotopic (exact) mass is 252 g/mol. The molecule has 0 fully saturated rings. The van der Waals surface area contributed by atoms with Crippen molar-refractivity contribution >= 4 is 17.0 Å². The molecule has 0 aliphatic carbocycles. The normalized spacial score (nSPS) is 12.4. The van der Waals surface area contributed by atoms with Crippen molar-refractivity contribution in [1.82, 2.24) is 0 Å². The third-order valence-electron chi connectivity index (χ3n) is 2.42. The molecule has 88 valence electrons. The molecule has 0 unspecified atom stereocenters. The number of rotatable bonds is 3. The van der Waals surface area contributed by atoms with E-state index in [0.717, 1.165) is 23.8 Å². The molecule has 0 amide bonds. The predicted octanol–water partition coefficient (Wildman–Crippen LogP) is 2.84. The van der Waals surface area contributed by atoms with Crippen LogP contribution in [0.4, 0.5) is 10.1 Å². The van der Waals surface area contributed by atoms with Gasteiger partial charge in [0.05, 0.1) is 16.5 Å². The summed E-state index contributed by atoms with van der Waals surface area (Å²) in [5, 5.41) is 14.4. The molecular weight excluding hydrogens is 243 g/mol. The maximum Gasteiger partial charge on any atom is 0.274 e. The Balaban J connectivity index is 2.50. The van der Waals surface area contributed by atoms with Crippen molar-refractivity contribution in [2.24, 2.45) is 5.73 Å². The van der Waals surface area contributed by atoms with E-state index in [4.69, 9.17) is 5.73 Å². The Bertz CT molecular complexity index is 542. The van der Waals surface area contributed by atoms with Crippen LogP contribution in [0.2, 0.25) is 0 Å². The summed E-state index contributed by atoms with van der Waals surface area (Å²) in [7, 11) is 0. The van der Waals surface area contributed by atoms with Gasteiger partial charge in [-0.1, -0.05) is 0 Å². The van der Waals surface area contributed by atoms with E-state index in [1.54, 1.807) is 11.4 Å².